The maximum absolute atomic E-state index is 12.6. The van der Waals surface area contributed by atoms with Crippen molar-refractivity contribution in [3.8, 4) is 0 Å². The lowest BCUT2D eigenvalue weighted by Crippen LogP contribution is -2.32. The molecule has 0 spiro atoms. The molecular formula is C14H19ClN2O2S. The number of nitrogens with zero attached hydrogens (tertiary/aromatic N) is 1. The predicted molar refractivity (Wildman–Crippen MR) is 79.0 cm³/mol. The number of halogens is 1. The van der Waals surface area contributed by atoms with Gasteiger partial charge in [0.2, 0.25) is 10.0 Å². The lowest BCUT2D eigenvalue weighted by atomic mass is 9.79. The van der Waals surface area contributed by atoms with Crippen LogP contribution in [0.15, 0.2) is 29.2 Å². The van der Waals surface area contributed by atoms with Crippen molar-refractivity contribution in [3.63, 3.8) is 0 Å². The second-order valence-electron chi connectivity index (χ2n) is 5.87. The Balaban J connectivity index is 1.81. The van der Waals surface area contributed by atoms with E-state index in [1.165, 1.54) is 0 Å². The normalized spacial score (nSPS) is 31.2. The van der Waals surface area contributed by atoms with Gasteiger partial charge >= 0.3 is 0 Å². The fraction of sp³-hybridized carbons (Fsp3) is 0.571. The van der Waals surface area contributed by atoms with Gasteiger partial charge in [-0.3, -0.25) is 0 Å². The summed E-state index contributed by atoms with van der Waals surface area (Å²) in [5, 5.41) is 0.546. The van der Waals surface area contributed by atoms with Crippen molar-refractivity contribution < 1.29 is 8.42 Å². The molecule has 1 saturated heterocycles. The molecule has 1 aliphatic carbocycles. The zero-order valence-corrected chi connectivity index (χ0v) is 12.8. The van der Waals surface area contributed by atoms with Gasteiger partial charge in [0.25, 0.3) is 0 Å². The topological polar surface area (TPSA) is 63.4 Å². The zero-order valence-electron chi connectivity index (χ0n) is 11.2. The Labute approximate surface area is 125 Å². The van der Waals surface area contributed by atoms with Crippen LogP contribution >= 0.6 is 11.6 Å². The molecule has 3 rings (SSSR count). The predicted octanol–water partition coefficient (Wildman–Crippen LogP) is 2.09. The summed E-state index contributed by atoms with van der Waals surface area (Å²) in [4.78, 5) is 0.324. The molecule has 0 bridgehead atoms. The molecule has 2 N–H and O–H groups in total. The lowest BCUT2D eigenvalue weighted by molar-refractivity contribution is 0.271. The summed E-state index contributed by atoms with van der Waals surface area (Å²) in [6.07, 6.45) is 2.99. The third-order valence-electron chi connectivity index (χ3n) is 4.51. The first-order valence-corrected chi connectivity index (χ1v) is 8.80. The van der Waals surface area contributed by atoms with Crippen LogP contribution in [0.5, 0.6) is 0 Å². The number of rotatable bonds is 2. The number of sulfonamides is 1. The van der Waals surface area contributed by atoms with Crippen molar-refractivity contribution >= 4 is 21.6 Å². The van der Waals surface area contributed by atoms with E-state index in [-0.39, 0.29) is 6.04 Å². The summed E-state index contributed by atoms with van der Waals surface area (Å²) in [6, 6.07) is 6.62. The Hall–Kier alpha value is -0.620. The molecule has 0 radical (unpaired) electrons. The molecule has 0 amide bonds. The molecule has 2 aliphatic rings. The maximum Gasteiger partial charge on any atom is 0.243 e. The summed E-state index contributed by atoms with van der Waals surface area (Å²) in [6.45, 7) is 1.23. The first-order valence-electron chi connectivity index (χ1n) is 6.98. The van der Waals surface area contributed by atoms with Crippen LogP contribution in [0.3, 0.4) is 0 Å². The van der Waals surface area contributed by atoms with Gasteiger partial charge < -0.3 is 5.73 Å². The van der Waals surface area contributed by atoms with Crippen molar-refractivity contribution in [2.45, 2.75) is 30.2 Å². The summed E-state index contributed by atoms with van der Waals surface area (Å²) in [5.74, 6) is 0.887. The quantitative estimate of drug-likeness (QED) is 0.909. The highest BCUT2D eigenvalue weighted by Crippen LogP contribution is 2.37. The second-order valence-corrected chi connectivity index (χ2v) is 8.24. The molecule has 1 heterocycles. The zero-order chi connectivity index (χ0) is 14.3. The van der Waals surface area contributed by atoms with E-state index in [0.29, 0.717) is 34.8 Å². The molecule has 6 heteroatoms. The fourth-order valence-corrected chi connectivity index (χ4v) is 5.06. The molecule has 0 aromatic heterocycles. The van der Waals surface area contributed by atoms with Gasteiger partial charge in [-0.05, 0) is 55.4 Å². The van der Waals surface area contributed by atoms with Crippen molar-refractivity contribution in [1.82, 2.24) is 4.31 Å². The Morgan fingerprint density at radius 3 is 2.45 bits per heavy atom. The molecular weight excluding hydrogens is 296 g/mol. The van der Waals surface area contributed by atoms with Crippen molar-refractivity contribution in [2.24, 2.45) is 17.6 Å². The van der Waals surface area contributed by atoms with Gasteiger partial charge in [0.15, 0.2) is 0 Å². The number of fused-ring (bicyclic) bond motifs is 1. The Kier molecular flexibility index (Phi) is 3.79. The average molecular weight is 315 g/mol. The van der Waals surface area contributed by atoms with Crippen LogP contribution < -0.4 is 5.73 Å². The standard InChI is InChI=1S/C14H19ClN2O2S/c15-12-2-5-14(6-3-12)20(18,19)17-8-10-1-4-13(16)7-11(10)9-17/h2-3,5-6,10-11,13H,1,4,7-9,16H2/t10-,11+,13?/m1/s1. The Morgan fingerprint density at radius 2 is 1.75 bits per heavy atom. The first kappa shape index (κ1) is 14.3. The number of benzene rings is 1. The Morgan fingerprint density at radius 1 is 1.10 bits per heavy atom. The molecule has 1 unspecified atom stereocenters. The first-order chi connectivity index (χ1) is 9.46. The molecule has 1 saturated carbocycles. The highest BCUT2D eigenvalue weighted by atomic mass is 35.5. The van der Waals surface area contributed by atoms with Gasteiger partial charge in [0, 0.05) is 24.2 Å². The lowest BCUT2D eigenvalue weighted by Gasteiger charge is -2.28. The minimum Gasteiger partial charge on any atom is -0.328 e. The van der Waals surface area contributed by atoms with Crippen LogP contribution in [0.2, 0.25) is 5.02 Å². The molecule has 1 aromatic rings. The highest BCUT2D eigenvalue weighted by Gasteiger charge is 2.41. The van der Waals surface area contributed by atoms with Crippen LogP contribution in [0.1, 0.15) is 19.3 Å². The van der Waals surface area contributed by atoms with E-state index in [9.17, 15) is 8.42 Å². The molecule has 20 heavy (non-hydrogen) atoms. The van der Waals surface area contributed by atoms with Crippen LogP contribution in [0.4, 0.5) is 0 Å². The third-order valence-corrected chi connectivity index (χ3v) is 6.61. The summed E-state index contributed by atoms with van der Waals surface area (Å²) >= 11 is 5.81. The highest BCUT2D eigenvalue weighted by molar-refractivity contribution is 7.89. The van der Waals surface area contributed by atoms with Crippen LogP contribution in [0.25, 0.3) is 0 Å². The Bertz CT molecular complexity index is 588. The van der Waals surface area contributed by atoms with Crippen molar-refractivity contribution in [2.75, 3.05) is 13.1 Å². The van der Waals surface area contributed by atoms with Gasteiger partial charge in [-0.25, -0.2) is 8.42 Å². The molecule has 2 fully saturated rings. The smallest absolute Gasteiger partial charge is 0.243 e. The van der Waals surface area contributed by atoms with Crippen molar-refractivity contribution in [3.05, 3.63) is 29.3 Å². The third kappa shape index (κ3) is 2.60. The van der Waals surface area contributed by atoms with Crippen LogP contribution in [0, 0.1) is 11.8 Å². The van der Waals surface area contributed by atoms with E-state index in [4.69, 9.17) is 17.3 Å². The number of hydrogen-bond acceptors (Lipinski definition) is 3. The average Bonchev–Trinajstić information content (AvgIpc) is 2.83. The molecule has 1 aromatic carbocycles. The van der Waals surface area contributed by atoms with E-state index >= 15 is 0 Å². The van der Waals surface area contributed by atoms with Gasteiger partial charge in [0.05, 0.1) is 4.90 Å². The van der Waals surface area contributed by atoms with Crippen LogP contribution in [-0.2, 0) is 10.0 Å². The number of hydrogen-bond donors (Lipinski definition) is 1. The molecule has 3 atom stereocenters. The molecule has 110 valence electrons. The summed E-state index contributed by atoms with van der Waals surface area (Å²) in [5.41, 5.74) is 5.99. The van der Waals surface area contributed by atoms with E-state index in [1.54, 1.807) is 28.6 Å². The van der Waals surface area contributed by atoms with Crippen LogP contribution in [-0.4, -0.2) is 31.9 Å². The monoisotopic (exact) mass is 314 g/mol. The van der Waals surface area contributed by atoms with Gasteiger partial charge in [0.1, 0.15) is 0 Å². The molecule has 4 nitrogen and oxygen atoms in total. The van der Waals surface area contributed by atoms with Gasteiger partial charge in [-0.2, -0.15) is 4.31 Å². The van der Waals surface area contributed by atoms with E-state index < -0.39 is 10.0 Å². The van der Waals surface area contributed by atoms with E-state index in [0.717, 1.165) is 19.3 Å². The molecule has 1 aliphatic heterocycles. The maximum atomic E-state index is 12.6. The summed E-state index contributed by atoms with van der Waals surface area (Å²) in [7, 11) is -3.40. The fourth-order valence-electron chi connectivity index (χ4n) is 3.38. The van der Waals surface area contributed by atoms with Gasteiger partial charge in [-0.15, -0.1) is 0 Å². The minimum absolute atomic E-state index is 0.231. The second kappa shape index (κ2) is 5.30. The minimum atomic E-state index is -3.40. The van der Waals surface area contributed by atoms with Crippen molar-refractivity contribution in [1.29, 1.82) is 0 Å². The van der Waals surface area contributed by atoms with E-state index in [2.05, 4.69) is 0 Å². The number of nitrogens with two attached hydrogens (primary N) is 1. The van der Waals surface area contributed by atoms with Gasteiger partial charge in [-0.1, -0.05) is 11.6 Å². The summed E-state index contributed by atoms with van der Waals surface area (Å²) < 4.78 is 26.9. The largest absolute Gasteiger partial charge is 0.328 e. The SMILES string of the molecule is NC1CC[C@@H]2CN(S(=O)(=O)c3ccc(Cl)cc3)C[C@@H]2C1. The van der Waals surface area contributed by atoms with E-state index in [1.807, 2.05) is 0 Å².